The number of nitrogens with zero attached hydrogens (tertiary/aromatic N) is 1. The molecule has 2 rings (SSSR count). The van der Waals surface area contributed by atoms with Gasteiger partial charge in [0.05, 0.1) is 0 Å². The van der Waals surface area contributed by atoms with E-state index < -0.39 is 0 Å². The fraction of sp³-hybridized carbons (Fsp3) is 0.600. The summed E-state index contributed by atoms with van der Waals surface area (Å²) in [4.78, 5) is 2.51. The number of hydrogen-bond acceptors (Lipinski definition) is 2. The van der Waals surface area contributed by atoms with Gasteiger partial charge in [-0.2, -0.15) is 0 Å². The number of likely N-dealkylation sites (tertiary alicyclic amines) is 1. The summed E-state index contributed by atoms with van der Waals surface area (Å²) in [6.07, 6.45) is 2.64. The Hall–Kier alpha value is -0.380. The second-order valence-electron chi connectivity index (χ2n) is 5.19. The van der Waals surface area contributed by atoms with Crippen LogP contribution in [0.1, 0.15) is 31.4 Å². The summed E-state index contributed by atoms with van der Waals surface area (Å²) in [5, 5.41) is 3.51. The van der Waals surface area contributed by atoms with E-state index in [1.165, 1.54) is 29.4 Å². The van der Waals surface area contributed by atoms with Crippen molar-refractivity contribution in [1.82, 2.24) is 10.2 Å². The van der Waals surface area contributed by atoms with E-state index in [-0.39, 0.29) is 0 Å². The van der Waals surface area contributed by atoms with E-state index in [2.05, 4.69) is 64.4 Å². The second kappa shape index (κ2) is 6.69. The van der Waals surface area contributed by atoms with Gasteiger partial charge in [0.15, 0.2) is 0 Å². The van der Waals surface area contributed by atoms with Crippen molar-refractivity contribution in [3.63, 3.8) is 0 Å². The molecule has 1 aliphatic rings. The van der Waals surface area contributed by atoms with Gasteiger partial charge in [-0.15, -0.1) is 0 Å². The standard InChI is InChI=1S/C15H23BrN2/c1-3-17-11-13-7-5-9-18(2)15(13)12-6-4-8-14(16)10-12/h4,6,8,10,13,15,17H,3,5,7,9,11H2,1-2H3. The van der Waals surface area contributed by atoms with Crippen LogP contribution in [0.5, 0.6) is 0 Å². The van der Waals surface area contributed by atoms with Crippen molar-refractivity contribution >= 4 is 15.9 Å². The van der Waals surface area contributed by atoms with E-state index in [9.17, 15) is 0 Å². The lowest BCUT2D eigenvalue weighted by molar-refractivity contribution is 0.120. The Balaban J connectivity index is 2.18. The average Bonchev–Trinajstić information content (AvgIpc) is 2.36. The molecule has 1 fully saturated rings. The topological polar surface area (TPSA) is 15.3 Å². The molecule has 1 saturated heterocycles. The quantitative estimate of drug-likeness (QED) is 0.916. The third-order valence-electron chi connectivity index (χ3n) is 3.85. The van der Waals surface area contributed by atoms with Crippen LogP contribution >= 0.6 is 15.9 Å². The molecule has 1 N–H and O–H groups in total. The van der Waals surface area contributed by atoms with Crippen molar-refractivity contribution in [3.05, 3.63) is 34.3 Å². The Morgan fingerprint density at radius 2 is 2.28 bits per heavy atom. The fourth-order valence-electron chi connectivity index (χ4n) is 3.02. The Labute approximate surface area is 119 Å². The van der Waals surface area contributed by atoms with Gasteiger partial charge >= 0.3 is 0 Å². The lowest BCUT2D eigenvalue weighted by Gasteiger charge is -2.39. The second-order valence-corrected chi connectivity index (χ2v) is 6.11. The number of piperidine rings is 1. The smallest absolute Gasteiger partial charge is 0.0385 e. The zero-order chi connectivity index (χ0) is 13.0. The number of halogens is 1. The lowest BCUT2D eigenvalue weighted by Crippen LogP contribution is -2.40. The van der Waals surface area contributed by atoms with Gasteiger partial charge in [-0.1, -0.05) is 35.0 Å². The van der Waals surface area contributed by atoms with Crippen molar-refractivity contribution < 1.29 is 0 Å². The highest BCUT2D eigenvalue weighted by Gasteiger charge is 2.29. The summed E-state index contributed by atoms with van der Waals surface area (Å²) >= 11 is 3.59. The summed E-state index contributed by atoms with van der Waals surface area (Å²) in [5.74, 6) is 0.720. The van der Waals surface area contributed by atoms with Crippen LogP contribution in [0.3, 0.4) is 0 Å². The highest BCUT2D eigenvalue weighted by atomic mass is 79.9. The Bertz CT molecular complexity index is 381. The van der Waals surface area contributed by atoms with Crippen LogP contribution in [0.15, 0.2) is 28.7 Å². The Morgan fingerprint density at radius 1 is 1.44 bits per heavy atom. The van der Waals surface area contributed by atoms with E-state index in [0.29, 0.717) is 6.04 Å². The van der Waals surface area contributed by atoms with Crippen LogP contribution in [0, 0.1) is 5.92 Å². The van der Waals surface area contributed by atoms with Gasteiger partial charge in [-0.25, -0.2) is 0 Å². The van der Waals surface area contributed by atoms with Crippen LogP contribution in [-0.4, -0.2) is 31.6 Å². The molecule has 0 bridgehead atoms. The molecule has 0 aromatic heterocycles. The zero-order valence-corrected chi connectivity index (χ0v) is 12.9. The van der Waals surface area contributed by atoms with Crippen LogP contribution in [0.2, 0.25) is 0 Å². The summed E-state index contributed by atoms with van der Waals surface area (Å²) in [5.41, 5.74) is 1.44. The predicted octanol–water partition coefficient (Wildman–Crippen LogP) is 3.44. The maximum absolute atomic E-state index is 3.59. The SMILES string of the molecule is CCNCC1CCCN(C)C1c1cccc(Br)c1. The van der Waals surface area contributed by atoms with Crippen molar-refractivity contribution in [2.45, 2.75) is 25.8 Å². The van der Waals surface area contributed by atoms with Gasteiger partial charge in [0, 0.05) is 10.5 Å². The highest BCUT2D eigenvalue weighted by Crippen LogP contribution is 2.35. The van der Waals surface area contributed by atoms with E-state index in [1.807, 2.05) is 0 Å². The number of nitrogens with one attached hydrogen (secondary N) is 1. The Morgan fingerprint density at radius 3 is 3.00 bits per heavy atom. The molecular formula is C15H23BrN2. The van der Waals surface area contributed by atoms with E-state index >= 15 is 0 Å². The third-order valence-corrected chi connectivity index (χ3v) is 4.35. The molecule has 1 aliphatic heterocycles. The molecule has 100 valence electrons. The monoisotopic (exact) mass is 310 g/mol. The molecule has 0 spiro atoms. The Kier molecular flexibility index (Phi) is 5.22. The predicted molar refractivity (Wildman–Crippen MR) is 80.8 cm³/mol. The zero-order valence-electron chi connectivity index (χ0n) is 11.3. The maximum Gasteiger partial charge on any atom is 0.0385 e. The van der Waals surface area contributed by atoms with Crippen LogP contribution in [-0.2, 0) is 0 Å². The van der Waals surface area contributed by atoms with E-state index in [4.69, 9.17) is 0 Å². The first-order chi connectivity index (χ1) is 8.72. The molecule has 2 nitrogen and oxygen atoms in total. The molecule has 1 heterocycles. The summed E-state index contributed by atoms with van der Waals surface area (Å²) in [6.45, 7) is 5.57. The number of hydrogen-bond donors (Lipinski definition) is 1. The summed E-state index contributed by atoms with van der Waals surface area (Å²) < 4.78 is 1.18. The maximum atomic E-state index is 3.59. The van der Waals surface area contributed by atoms with Crippen LogP contribution < -0.4 is 5.32 Å². The number of benzene rings is 1. The summed E-state index contributed by atoms with van der Waals surface area (Å²) in [7, 11) is 2.25. The van der Waals surface area contributed by atoms with Gasteiger partial charge in [0.25, 0.3) is 0 Å². The first kappa shape index (κ1) is 14.0. The molecule has 0 saturated carbocycles. The highest BCUT2D eigenvalue weighted by molar-refractivity contribution is 9.10. The van der Waals surface area contributed by atoms with Crippen LogP contribution in [0.25, 0.3) is 0 Å². The van der Waals surface area contributed by atoms with E-state index in [1.54, 1.807) is 0 Å². The molecule has 2 unspecified atom stereocenters. The molecule has 1 aromatic carbocycles. The van der Waals surface area contributed by atoms with Crippen LogP contribution in [0.4, 0.5) is 0 Å². The van der Waals surface area contributed by atoms with Gasteiger partial charge in [-0.05, 0) is 63.1 Å². The van der Waals surface area contributed by atoms with Gasteiger partial charge in [0.1, 0.15) is 0 Å². The number of rotatable bonds is 4. The molecule has 0 aliphatic carbocycles. The van der Waals surface area contributed by atoms with Gasteiger partial charge < -0.3 is 5.32 Å². The minimum atomic E-state index is 0.551. The third kappa shape index (κ3) is 3.34. The van der Waals surface area contributed by atoms with Gasteiger partial charge in [0.2, 0.25) is 0 Å². The molecule has 1 aromatic rings. The van der Waals surface area contributed by atoms with Crippen molar-refractivity contribution in [2.75, 3.05) is 26.7 Å². The molecule has 18 heavy (non-hydrogen) atoms. The van der Waals surface area contributed by atoms with Crippen molar-refractivity contribution in [3.8, 4) is 0 Å². The van der Waals surface area contributed by atoms with Crippen molar-refractivity contribution in [2.24, 2.45) is 5.92 Å². The first-order valence-corrected chi connectivity index (χ1v) is 7.68. The van der Waals surface area contributed by atoms with Gasteiger partial charge in [-0.3, -0.25) is 4.90 Å². The molecule has 3 heteroatoms. The normalized spacial score (nSPS) is 25.3. The summed E-state index contributed by atoms with van der Waals surface area (Å²) in [6, 6.07) is 9.33. The average molecular weight is 311 g/mol. The molecule has 0 radical (unpaired) electrons. The molecule has 0 amide bonds. The molecule has 2 atom stereocenters. The lowest BCUT2D eigenvalue weighted by atomic mass is 9.85. The van der Waals surface area contributed by atoms with E-state index in [0.717, 1.165) is 19.0 Å². The minimum absolute atomic E-state index is 0.551. The molecular weight excluding hydrogens is 288 g/mol. The van der Waals surface area contributed by atoms with Crippen molar-refractivity contribution in [1.29, 1.82) is 0 Å². The minimum Gasteiger partial charge on any atom is -0.317 e. The first-order valence-electron chi connectivity index (χ1n) is 6.88. The largest absolute Gasteiger partial charge is 0.317 e. The fourth-order valence-corrected chi connectivity index (χ4v) is 3.44.